The molecule has 15 nitrogen and oxygen atoms in total. The molecule has 3 heterocycles. The van der Waals surface area contributed by atoms with Gasteiger partial charge in [0.1, 0.15) is 76.2 Å². The molecule has 10 atom stereocenters. The summed E-state index contributed by atoms with van der Waals surface area (Å²) in [5.41, 5.74) is -0.843. The van der Waals surface area contributed by atoms with E-state index in [9.17, 15) is 45.6 Å². The highest BCUT2D eigenvalue weighted by molar-refractivity contribution is 5.97. The van der Waals surface area contributed by atoms with Crippen LogP contribution in [0.3, 0.4) is 0 Å². The molecule has 3 aromatic rings. The Morgan fingerprint density at radius 1 is 0.805 bits per heavy atom. The largest absolute Gasteiger partial charge is 0.507 e. The van der Waals surface area contributed by atoms with Crippen LogP contribution in [0.2, 0.25) is 0 Å². The van der Waals surface area contributed by atoms with Gasteiger partial charge in [-0.3, -0.25) is 4.79 Å². The maximum atomic E-state index is 13.2. The molecule has 2 aliphatic rings. The lowest BCUT2D eigenvalue weighted by Gasteiger charge is -2.42. The minimum Gasteiger partial charge on any atom is -0.507 e. The van der Waals surface area contributed by atoms with Crippen LogP contribution in [0.15, 0.2) is 33.5 Å². The zero-order valence-corrected chi connectivity index (χ0v) is 21.7. The maximum absolute atomic E-state index is 13.2. The van der Waals surface area contributed by atoms with Crippen LogP contribution in [0.5, 0.6) is 23.0 Å². The monoisotopic (exact) mass is 582 g/mol. The first-order valence-corrected chi connectivity index (χ1v) is 12.6. The fourth-order valence-corrected chi connectivity index (χ4v) is 4.82. The first kappa shape index (κ1) is 29.2. The average molecular weight is 583 g/mol. The lowest BCUT2D eigenvalue weighted by molar-refractivity contribution is -0.318. The molecular formula is C26H30O15. The van der Waals surface area contributed by atoms with Crippen LogP contribution < -0.4 is 14.9 Å². The number of methoxy groups -OCH3 is 1. The molecule has 0 radical (unpaired) electrons. The number of aliphatic hydroxyl groups is 6. The second kappa shape index (κ2) is 11.2. The van der Waals surface area contributed by atoms with Gasteiger partial charge in [-0.25, -0.2) is 0 Å². The van der Waals surface area contributed by atoms with Gasteiger partial charge in [0, 0.05) is 12.1 Å². The number of phenols is 2. The van der Waals surface area contributed by atoms with Crippen molar-refractivity contribution in [1.82, 2.24) is 0 Å². The third-order valence-corrected chi connectivity index (χ3v) is 7.21. The highest BCUT2D eigenvalue weighted by Gasteiger charge is 2.47. The van der Waals surface area contributed by atoms with E-state index in [1.807, 2.05) is 0 Å². The van der Waals surface area contributed by atoms with E-state index in [0.29, 0.717) is 0 Å². The summed E-state index contributed by atoms with van der Waals surface area (Å²) in [6, 6.07) is 5.10. The van der Waals surface area contributed by atoms with Gasteiger partial charge >= 0.3 is 0 Å². The molecule has 0 aliphatic carbocycles. The van der Waals surface area contributed by atoms with E-state index in [-0.39, 0.29) is 33.4 Å². The van der Waals surface area contributed by atoms with Gasteiger partial charge in [-0.2, -0.15) is 0 Å². The first-order valence-electron chi connectivity index (χ1n) is 12.6. The highest BCUT2D eigenvalue weighted by Crippen LogP contribution is 2.38. The molecule has 0 amide bonds. The second-order valence-corrected chi connectivity index (χ2v) is 9.88. The summed E-state index contributed by atoms with van der Waals surface area (Å²) in [6.07, 6.45) is -15.3. The number of hydrogen-bond acceptors (Lipinski definition) is 15. The summed E-state index contributed by atoms with van der Waals surface area (Å²) >= 11 is 0. The number of phenolic OH excluding ortho intramolecular Hbond substituents is 2. The normalized spacial score (nSPS) is 34.1. The van der Waals surface area contributed by atoms with Crippen molar-refractivity contribution in [3.8, 4) is 23.0 Å². The Balaban J connectivity index is 1.39. The van der Waals surface area contributed by atoms with Crippen molar-refractivity contribution in [2.24, 2.45) is 0 Å². The van der Waals surface area contributed by atoms with Gasteiger partial charge in [-0.05, 0) is 19.1 Å². The van der Waals surface area contributed by atoms with Crippen LogP contribution >= 0.6 is 0 Å². The van der Waals surface area contributed by atoms with Gasteiger partial charge in [-0.1, -0.05) is 0 Å². The topological polar surface area (TPSA) is 238 Å². The smallest absolute Gasteiger partial charge is 0.229 e. The molecule has 8 N–H and O–H groups in total. The van der Waals surface area contributed by atoms with Crippen LogP contribution in [-0.2, 0) is 14.2 Å². The summed E-state index contributed by atoms with van der Waals surface area (Å²) in [6.45, 7) is 0.924. The highest BCUT2D eigenvalue weighted by atomic mass is 16.7. The Labute approximate surface area is 230 Å². The molecule has 15 heteroatoms. The molecule has 0 spiro atoms. The van der Waals surface area contributed by atoms with Crippen molar-refractivity contribution in [2.75, 3.05) is 13.7 Å². The number of aliphatic hydroxyl groups excluding tert-OH is 6. The number of hydrogen-bond donors (Lipinski definition) is 8. The summed E-state index contributed by atoms with van der Waals surface area (Å²) in [5.74, 6) is -1.29. The van der Waals surface area contributed by atoms with Crippen LogP contribution in [0.25, 0.3) is 21.9 Å². The SMILES string of the molecule is COc1cc(O)c2c(=O)c3c(O)c(OC4OC(COC5OC(C)C(O)C(O)C5O)C(O)C(O)C4O)ccc3oc2c1. The van der Waals surface area contributed by atoms with Gasteiger partial charge in [0.15, 0.2) is 17.8 Å². The Hall–Kier alpha value is -3.25. The Kier molecular flexibility index (Phi) is 7.99. The van der Waals surface area contributed by atoms with Gasteiger partial charge in [0.25, 0.3) is 0 Å². The standard InChI is InChI=1S/C26H30O15/c1-8-17(28)21(32)23(34)25(38-8)37-7-14-19(30)22(33)24(35)26(41-14)40-12-4-3-11-16(18(12)29)20(31)15-10(27)5-9(36-2)6-13(15)39-11/h3-6,8,14,17,19,21-30,32-35H,7H2,1-2H3. The van der Waals surface area contributed by atoms with E-state index in [2.05, 4.69) is 0 Å². The summed E-state index contributed by atoms with van der Waals surface area (Å²) in [4.78, 5) is 13.2. The number of benzene rings is 2. The molecule has 1 aromatic heterocycles. The van der Waals surface area contributed by atoms with Crippen LogP contribution in [0.1, 0.15) is 6.92 Å². The van der Waals surface area contributed by atoms with Crippen molar-refractivity contribution < 1.29 is 69.0 Å². The maximum Gasteiger partial charge on any atom is 0.229 e. The summed E-state index contributed by atoms with van der Waals surface area (Å²) < 4.78 is 32.7. The Morgan fingerprint density at radius 3 is 2.20 bits per heavy atom. The van der Waals surface area contributed by atoms with Crippen LogP contribution in [0.4, 0.5) is 0 Å². The lowest BCUT2D eigenvalue weighted by Crippen LogP contribution is -2.61. The second-order valence-electron chi connectivity index (χ2n) is 9.88. The van der Waals surface area contributed by atoms with Crippen LogP contribution in [-0.4, -0.2) is 116 Å². The van der Waals surface area contributed by atoms with Crippen molar-refractivity contribution in [3.05, 3.63) is 34.5 Å². The van der Waals surface area contributed by atoms with E-state index >= 15 is 0 Å². The predicted molar refractivity (Wildman–Crippen MR) is 135 cm³/mol. The minimum absolute atomic E-state index is 0.00175. The zero-order chi connectivity index (χ0) is 29.7. The number of ether oxygens (including phenoxy) is 5. The summed E-state index contributed by atoms with van der Waals surface area (Å²) in [7, 11) is 1.37. The van der Waals surface area contributed by atoms with Crippen molar-refractivity contribution in [3.63, 3.8) is 0 Å². The molecule has 5 rings (SSSR count). The molecule has 2 aliphatic heterocycles. The summed E-state index contributed by atoms with van der Waals surface area (Å²) in [5, 5.41) is 82.0. The predicted octanol–water partition coefficient (Wildman–Crippen LogP) is -1.60. The molecule has 0 saturated carbocycles. The Bertz CT molecular complexity index is 1470. The zero-order valence-electron chi connectivity index (χ0n) is 21.7. The van der Waals surface area contributed by atoms with E-state index < -0.39 is 84.9 Å². The fourth-order valence-electron chi connectivity index (χ4n) is 4.82. The Morgan fingerprint density at radius 2 is 1.49 bits per heavy atom. The molecule has 41 heavy (non-hydrogen) atoms. The van der Waals surface area contributed by atoms with Gasteiger partial charge in [0.2, 0.25) is 11.7 Å². The van der Waals surface area contributed by atoms with Crippen molar-refractivity contribution in [1.29, 1.82) is 0 Å². The molecule has 10 unspecified atom stereocenters. The number of aromatic hydroxyl groups is 2. The van der Waals surface area contributed by atoms with E-state index in [1.165, 1.54) is 38.3 Å². The molecule has 224 valence electrons. The van der Waals surface area contributed by atoms with Crippen molar-refractivity contribution >= 4 is 21.9 Å². The fraction of sp³-hybridized carbons (Fsp3) is 0.500. The minimum atomic E-state index is -1.82. The molecule has 2 fully saturated rings. The van der Waals surface area contributed by atoms with Gasteiger partial charge in [0.05, 0.1) is 19.8 Å². The third-order valence-electron chi connectivity index (χ3n) is 7.21. The first-order chi connectivity index (χ1) is 19.4. The average Bonchev–Trinajstić information content (AvgIpc) is 2.94. The number of rotatable bonds is 6. The third kappa shape index (κ3) is 5.16. The van der Waals surface area contributed by atoms with Crippen molar-refractivity contribution in [2.45, 2.75) is 68.3 Å². The van der Waals surface area contributed by atoms with E-state index in [4.69, 9.17) is 28.1 Å². The molecule has 2 aromatic carbocycles. The lowest BCUT2D eigenvalue weighted by atomic mass is 9.98. The van der Waals surface area contributed by atoms with E-state index in [0.717, 1.165) is 0 Å². The molecule has 2 saturated heterocycles. The quantitative estimate of drug-likeness (QED) is 0.153. The van der Waals surface area contributed by atoms with Gasteiger partial charge in [-0.15, -0.1) is 0 Å². The van der Waals surface area contributed by atoms with Gasteiger partial charge < -0.3 is 69.0 Å². The van der Waals surface area contributed by atoms with Crippen LogP contribution in [0, 0.1) is 0 Å². The number of fused-ring (bicyclic) bond motifs is 2. The van der Waals surface area contributed by atoms with E-state index in [1.54, 1.807) is 0 Å². The molecule has 0 bridgehead atoms. The molecular weight excluding hydrogens is 552 g/mol.